The third-order valence-electron chi connectivity index (χ3n) is 4.35. The fraction of sp³-hybridized carbons (Fsp3) is 0.294. The Hall–Kier alpha value is -1.98. The standard InChI is InChI=1S/C17H19ClN4O4S2/c18-14-5-3-13(4-6-14)17(24)20-19-15(23)12-21-7-9-22(10-8-21)28(25,26)16-2-1-11-27-16/h1-6,11H,7-10,12H2,(H,19,23)(H,20,24)/p+1. The maximum absolute atomic E-state index is 12.5. The first kappa shape index (κ1) is 20.7. The maximum Gasteiger partial charge on any atom is 0.293 e. The number of benzene rings is 1. The molecule has 0 unspecified atom stereocenters. The fourth-order valence-electron chi connectivity index (χ4n) is 2.83. The number of nitrogens with one attached hydrogen (secondary N) is 3. The molecule has 1 aromatic heterocycles. The largest absolute Gasteiger partial charge is 0.325 e. The summed E-state index contributed by atoms with van der Waals surface area (Å²) in [7, 11) is -3.45. The van der Waals surface area contributed by atoms with Gasteiger partial charge in [0.15, 0.2) is 6.54 Å². The number of hydrogen-bond acceptors (Lipinski definition) is 5. The topological polar surface area (TPSA) is 100 Å². The highest BCUT2D eigenvalue weighted by Crippen LogP contribution is 2.20. The Morgan fingerprint density at radius 1 is 1.11 bits per heavy atom. The van der Waals surface area contributed by atoms with E-state index in [0.717, 1.165) is 4.90 Å². The molecule has 2 amide bonds. The minimum Gasteiger partial charge on any atom is -0.325 e. The third kappa shape index (κ3) is 5.09. The van der Waals surface area contributed by atoms with Gasteiger partial charge in [-0.15, -0.1) is 11.3 Å². The van der Waals surface area contributed by atoms with Gasteiger partial charge in [-0.3, -0.25) is 20.4 Å². The van der Waals surface area contributed by atoms with Gasteiger partial charge in [0.1, 0.15) is 4.21 Å². The smallest absolute Gasteiger partial charge is 0.293 e. The van der Waals surface area contributed by atoms with Gasteiger partial charge in [-0.2, -0.15) is 4.31 Å². The second kappa shape index (κ2) is 9.01. The van der Waals surface area contributed by atoms with Gasteiger partial charge < -0.3 is 4.90 Å². The number of hydrazine groups is 1. The molecule has 0 saturated carbocycles. The number of halogens is 1. The molecule has 3 N–H and O–H groups in total. The highest BCUT2D eigenvalue weighted by molar-refractivity contribution is 7.91. The van der Waals surface area contributed by atoms with Crippen molar-refractivity contribution in [1.29, 1.82) is 0 Å². The molecule has 150 valence electrons. The Bertz CT molecular complexity index is 925. The van der Waals surface area contributed by atoms with Crippen LogP contribution in [0.5, 0.6) is 0 Å². The van der Waals surface area contributed by atoms with E-state index < -0.39 is 15.9 Å². The number of thiophene rings is 1. The first-order chi connectivity index (χ1) is 13.4. The average molecular weight is 444 g/mol. The summed E-state index contributed by atoms with van der Waals surface area (Å²) in [4.78, 5) is 25.0. The zero-order chi connectivity index (χ0) is 20.1. The van der Waals surface area contributed by atoms with E-state index in [1.54, 1.807) is 41.8 Å². The second-order valence-electron chi connectivity index (χ2n) is 6.27. The lowest BCUT2D eigenvalue weighted by Gasteiger charge is -2.30. The van der Waals surface area contributed by atoms with Crippen LogP contribution in [-0.4, -0.2) is 57.3 Å². The Balaban J connectivity index is 1.44. The van der Waals surface area contributed by atoms with Crippen molar-refractivity contribution in [2.24, 2.45) is 0 Å². The van der Waals surface area contributed by atoms with Gasteiger partial charge in [-0.1, -0.05) is 17.7 Å². The van der Waals surface area contributed by atoms with Crippen molar-refractivity contribution in [3.8, 4) is 0 Å². The molecule has 8 nitrogen and oxygen atoms in total. The summed E-state index contributed by atoms with van der Waals surface area (Å²) in [5, 5.41) is 2.25. The lowest BCUT2D eigenvalue weighted by atomic mass is 10.2. The summed E-state index contributed by atoms with van der Waals surface area (Å²) in [5.74, 6) is -0.779. The normalized spacial score (nSPS) is 15.9. The number of carbonyl (C=O) groups is 2. The van der Waals surface area contributed by atoms with E-state index in [4.69, 9.17) is 11.6 Å². The molecule has 3 rings (SSSR count). The van der Waals surface area contributed by atoms with E-state index in [1.165, 1.54) is 15.6 Å². The third-order valence-corrected chi connectivity index (χ3v) is 7.87. The van der Waals surface area contributed by atoms with Crippen LogP contribution in [0.25, 0.3) is 0 Å². The van der Waals surface area contributed by atoms with Gasteiger partial charge in [0.05, 0.1) is 26.2 Å². The number of amides is 2. The molecular weight excluding hydrogens is 424 g/mol. The fourth-order valence-corrected chi connectivity index (χ4v) is 5.54. The van der Waals surface area contributed by atoms with Crippen LogP contribution in [0.15, 0.2) is 46.0 Å². The van der Waals surface area contributed by atoms with Crippen molar-refractivity contribution in [2.45, 2.75) is 4.21 Å². The Morgan fingerprint density at radius 3 is 2.39 bits per heavy atom. The first-order valence-electron chi connectivity index (χ1n) is 8.58. The van der Waals surface area contributed by atoms with Crippen molar-refractivity contribution >= 4 is 44.8 Å². The van der Waals surface area contributed by atoms with Crippen molar-refractivity contribution < 1.29 is 22.9 Å². The molecule has 1 aliphatic rings. The molecule has 1 fully saturated rings. The highest BCUT2D eigenvalue weighted by atomic mass is 35.5. The average Bonchev–Trinajstić information content (AvgIpc) is 3.23. The van der Waals surface area contributed by atoms with Crippen molar-refractivity contribution in [3.63, 3.8) is 0 Å². The van der Waals surface area contributed by atoms with Crippen LogP contribution in [0.1, 0.15) is 10.4 Å². The molecule has 2 aromatic rings. The molecule has 28 heavy (non-hydrogen) atoms. The number of piperazine rings is 1. The monoisotopic (exact) mass is 443 g/mol. The Morgan fingerprint density at radius 2 is 1.79 bits per heavy atom. The molecule has 11 heteroatoms. The number of nitrogens with zero attached hydrogens (tertiary/aromatic N) is 1. The van der Waals surface area contributed by atoms with Gasteiger partial charge in [-0.25, -0.2) is 8.42 Å². The predicted octanol–water partition coefficient (Wildman–Crippen LogP) is -0.248. The zero-order valence-electron chi connectivity index (χ0n) is 14.9. The van der Waals surface area contributed by atoms with Crippen LogP contribution in [0.3, 0.4) is 0 Å². The molecule has 0 atom stereocenters. The van der Waals surface area contributed by atoms with E-state index in [1.807, 2.05) is 0 Å². The molecule has 2 heterocycles. The summed E-state index contributed by atoms with van der Waals surface area (Å²) in [6.07, 6.45) is 0. The number of carbonyl (C=O) groups excluding carboxylic acids is 2. The molecule has 1 aromatic carbocycles. The van der Waals surface area contributed by atoms with E-state index >= 15 is 0 Å². The lowest BCUT2D eigenvalue weighted by molar-refractivity contribution is -0.895. The molecular formula is C17H20ClN4O4S2+. The first-order valence-corrected chi connectivity index (χ1v) is 11.3. The van der Waals surface area contributed by atoms with Crippen LogP contribution in [0.4, 0.5) is 0 Å². The quantitative estimate of drug-likeness (QED) is 0.555. The van der Waals surface area contributed by atoms with Crippen molar-refractivity contribution in [2.75, 3.05) is 32.7 Å². The summed E-state index contributed by atoms with van der Waals surface area (Å²) in [6, 6.07) is 9.60. The number of rotatable bonds is 5. The lowest BCUT2D eigenvalue weighted by Crippen LogP contribution is -3.16. The summed E-state index contributed by atoms with van der Waals surface area (Å²) < 4.78 is 26.8. The summed E-state index contributed by atoms with van der Waals surface area (Å²) in [5.41, 5.74) is 5.12. The molecule has 0 aliphatic carbocycles. The van der Waals surface area contributed by atoms with E-state index in [0.29, 0.717) is 41.0 Å². The van der Waals surface area contributed by atoms with Crippen LogP contribution >= 0.6 is 22.9 Å². The zero-order valence-corrected chi connectivity index (χ0v) is 17.2. The van der Waals surface area contributed by atoms with Gasteiger partial charge >= 0.3 is 0 Å². The SMILES string of the molecule is O=C(C[NH+]1CCN(S(=O)(=O)c2cccs2)CC1)NNC(=O)c1ccc(Cl)cc1. The number of hydrogen-bond donors (Lipinski definition) is 3. The Kier molecular flexibility index (Phi) is 6.68. The van der Waals surface area contributed by atoms with Gasteiger partial charge in [0.25, 0.3) is 21.8 Å². The predicted molar refractivity (Wildman–Crippen MR) is 106 cm³/mol. The second-order valence-corrected chi connectivity index (χ2v) is 9.82. The van der Waals surface area contributed by atoms with Crippen molar-refractivity contribution in [3.05, 3.63) is 52.4 Å². The maximum atomic E-state index is 12.5. The van der Waals surface area contributed by atoms with Crippen molar-refractivity contribution in [1.82, 2.24) is 15.2 Å². The number of sulfonamides is 1. The molecule has 1 saturated heterocycles. The Labute approximate surface area is 172 Å². The van der Waals surface area contributed by atoms with Crippen LogP contribution in [0, 0.1) is 0 Å². The van der Waals surface area contributed by atoms with E-state index in [-0.39, 0.29) is 12.5 Å². The molecule has 0 radical (unpaired) electrons. The van der Waals surface area contributed by atoms with E-state index in [2.05, 4.69) is 10.9 Å². The van der Waals surface area contributed by atoms with E-state index in [9.17, 15) is 18.0 Å². The number of quaternary nitrogens is 1. The summed E-state index contributed by atoms with van der Waals surface area (Å²) >= 11 is 6.97. The molecule has 0 spiro atoms. The summed E-state index contributed by atoms with van der Waals surface area (Å²) in [6.45, 7) is 1.88. The van der Waals surface area contributed by atoms with Gasteiger partial charge in [0, 0.05) is 10.6 Å². The van der Waals surface area contributed by atoms with Crippen LogP contribution in [-0.2, 0) is 14.8 Å². The molecule has 1 aliphatic heterocycles. The highest BCUT2D eigenvalue weighted by Gasteiger charge is 2.31. The van der Waals surface area contributed by atoms with Crippen LogP contribution < -0.4 is 15.8 Å². The minimum absolute atomic E-state index is 0.147. The van der Waals surface area contributed by atoms with Gasteiger partial charge in [0.2, 0.25) is 0 Å². The molecule has 0 bridgehead atoms. The van der Waals surface area contributed by atoms with Crippen LogP contribution in [0.2, 0.25) is 5.02 Å². The van der Waals surface area contributed by atoms with Gasteiger partial charge in [-0.05, 0) is 35.7 Å². The minimum atomic E-state index is -3.45.